The third-order valence-electron chi connectivity index (χ3n) is 3.28. The summed E-state index contributed by atoms with van der Waals surface area (Å²) in [7, 11) is 1.62. The highest BCUT2D eigenvalue weighted by Gasteiger charge is 2.33. The lowest BCUT2D eigenvalue weighted by atomic mass is 10.2. The van der Waals surface area contributed by atoms with Crippen LogP contribution in [0.2, 0.25) is 0 Å². The maximum Gasteiger partial charge on any atom is 0.270 e. The van der Waals surface area contributed by atoms with Gasteiger partial charge < -0.3 is 4.74 Å². The predicted octanol–water partition coefficient (Wildman–Crippen LogP) is 4.86. The molecule has 0 unspecified atom stereocenters. The molecule has 0 aromatic heterocycles. The fourth-order valence-corrected chi connectivity index (χ4v) is 4.05. The van der Waals surface area contributed by atoms with Gasteiger partial charge in [-0.15, -0.1) is 0 Å². The van der Waals surface area contributed by atoms with E-state index in [1.807, 2.05) is 54.6 Å². The predicted molar refractivity (Wildman–Crippen MR) is 103 cm³/mol. The number of carbonyl (C=O) groups excluding carboxylic acids is 1. The van der Waals surface area contributed by atoms with Crippen molar-refractivity contribution in [2.75, 3.05) is 12.0 Å². The van der Waals surface area contributed by atoms with E-state index in [-0.39, 0.29) is 5.91 Å². The fraction of sp³-hybridized carbons (Fsp3) is 0.0588. The number of methoxy groups -OCH3 is 1. The maximum atomic E-state index is 12.6. The molecular weight excluding hydrogens is 394 g/mol. The molecule has 23 heavy (non-hydrogen) atoms. The van der Waals surface area contributed by atoms with Crippen molar-refractivity contribution in [2.45, 2.75) is 0 Å². The van der Waals surface area contributed by atoms with Gasteiger partial charge >= 0.3 is 0 Å². The van der Waals surface area contributed by atoms with Gasteiger partial charge in [0.25, 0.3) is 5.91 Å². The van der Waals surface area contributed by atoms with E-state index in [0.29, 0.717) is 9.23 Å². The summed E-state index contributed by atoms with van der Waals surface area (Å²) in [5.74, 6) is 0.650. The zero-order valence-corrected chi connectivity index (χ0v) is 15.4. The average Bonchev–Trinajstić information content (AvgIpc) is 2.82. The second-order valence-electron chi connectivity index (χ2n) is 4.75. The van der Waals surface area contributed by atoms with E-state index in [4.69, 9.17) is 17.0 Å². The molecule has 1 amide bonds. The Hall–Kier alpha value is -1.63. The maximum absolute atomic E-state index is 12.6. The fourth-order valence-electron chi connectivity index (χ4n) is 2.19. The minimum absolute atomic E-state index is 0.0989. The highest BCUT2D eigenvalue weighted by molar-refractivity contribution is 9.10. The molecule has 2 aromatic carbocycles. The molecule has 3 rings (SSSR count). The lowest BCUT2D eigenvalue weighted by Crippen LogP contribution is -2.27. The summed E-state index contributed by atoms with van der Waals surface area (Å²) in [6.45, 7) is 0. The highest BCUT2D eigenvalue weighted by Crippen LogP contribution is 2.36. The molecule has 0 bridgehead atoms. The summed E-state index contributed by atoms with van der Waals surface area (Å²) < 4.78 is 6.60. The number of anilines is 1. The molecule has 1 saturated heterocycles. The van der Waals surface area contributed by atoms with Gasteiger partial charge in [-0.05, 0) is 51.8 Å². The van der Waals surface area contributed by atoms with Crippen molar-refractivity contribution in [1.29, 1.82) is 0 Å². The number of thioether (sulfide) groups is 1. The number of ether oxygens (including phenoxy) is 1. The first-order valence-electron chi connectivity index (χ1n) is 6.76. The second-order valence-corrected chi connectivity index (χ2v) is 7.28. The minimum atomic E-state index is -0.0989. The number of benzene rings is 2. The average molecular weight is 406 g/mol. The number of carbonyl (C=O) groups is 1. The molecule has 1 heterocycles. The van der Waals surface area contributed by atoms with Crippen LogP contribution >= 0.6 is 39.9 Å². The summed E-state index contributed by atoms with van der Waals surface area (Å²) in [4.78, 5) is 14.8. The van der Waals surface area contributed by atoms with Crippen LogP contribution in [0.15, 0.2) is 57.9 Å². The summed E-state index contributed by atoms with van der Waals surface area (Å²) in [5, 5.41) is 0. The zero-order chi connectivity index (χ0) is 16.4. The van der Waals surface area contributed by atoms with Crippen LogP contribution in [0.4, 0.5) is 5.69 Å². The van der Waals surface area contributed by atoms with Gasteiger partial charge in [-0.3, -0.25) is 9.69 Å². The second kappa shape index (κ2) is 6.86. The van der Waals surface area contributed by atoms with Crippen LogP contribution in [0.5, 0.6) is 5.75 Å². The van der Waals surface area contributed by atoms with Gasteiger partial charge in [0.2, 0.25) is 0 Å². The van der Waals surface area contributed by atoms with Gasteiger partial charge in [-0.1, -0.05) is 48.2 Å². The number of halogens is 1. The van der Waals surface area contributed by atoms with Crippen LogP contribution in [0.1, 0.15) is 5.56 Å². The Balaban J connectivity index is 1.91. The molecule has 2 aromatic rings. The Morgan fingerprint density at radius 3 is 2.61 bits per heavy atom. The Labute approximate surface area is 152 Å². The number of hydrogen-bond acceptors (Lipinski definition) is 4. The summed E-state index contributed by atoms with van der Waals surface area (Å²) in [5.41, 5.74) is 1.69. The van der Waals surface area contributed by atoms with Crippen molar-refractivity contribution < 1.29 is 9.53 Å². The van der Waals surface area contributed by atoms with E-state index in [1.54, 1.807) is 12.0 Å². The minimum Gasteiger partial charge on any atom is -0.496 e. The lowest BCUT2D eigenvalue weighted by Gasteiger charge is -2.13. The van der Waals surface area contributed by atoms with Crippen LogP contribution in [-0.4, -0.2) is 17.3 Å². The third-order valence-corrected chi connectivity index (χ3v) is 5.20. The number of amides is 1. The van der Waals surface area contributed by atoms with E-state index in [1.165, 1.54) is 11.8 Å². The molecule has 1 fully saturated rings. The first kappa shape index (κ1) is 16.2. The van der Waals surface area contributed by atoms with E-state index in [0.717, 1.165) is 21.5 Å². The Bertz CT molecular complexity index is 805. The van der Waals surface area contributed by atoms with Crippen molar-refractivity contribution in [3.8, 4) is 5.75 Å². The SMILES string of the molecule is COc1ccc(/C=C2/SC(=S)N(c3ccccc3)C2=O)cc1Br. The summed E-state index contributed by atoms with van der Waals surface area (Å²) in [6, 6.07) is 15.1. The van der Waals surface area contributed by atoms with Crippen LogP contribution < -0.4 is 9.64 Å². The van der Waals surface area contributed by atoms with Crippen LogP contribution in [-0.2, 0) is 4.79 Å². The van der Waals surface area contributed by atoms with Crippen LogP contribution in [0.3, 0.4) is 0 Å². The molecular formula is C17H12BrNO2S2. The standard InChI is InChI=1S/C17H12BrNO2S2/c1-21-14-8-7-11(9-13(14)18)10-15-16(20)19(17(22)23-15)12-5-3-2-4-6-12/h2-10H,1H3/b15-10+. The lowest BCUT2D eigenvalue weighted by molar-refractivity contribution is -0.113. The van der Waals surface area contributed by atoms with Crippen LogP contribution in [0.25, 0.3) is 6.08 Å². The Kier molecular flexibility index (Phi) is 4.84. The largest absolute Gasteiger partial charge is 0.496 e. The molecule has 0 N–H and O–H groups in total. The van der Waals surface area contributed by atoms with Gasteiger partial charge in [-0.25, -0.2) is 0 Å². The Morgan fingerprint density at radius 1 is 1.22 bits per heavy atom. The van der Waals surface area contributed by atoms with E-state index < -0.39 is 0 Å². The van der Waals surface area contributed by atoms with E-state index >= 15 is 0 Å². The quantitative estimate of drug-likeness (QED) is 0.538. The smallest absolute Gasteiger partial charge is 0.270 e. The number of hydrogen-bond donors (Lipinski definition) is 0. The Morgan fingerprint density at radius 2 is 1.96 bits per heavy atom. The normalized spacial score (nSPS) is 16.3. The van der Waals surface area contributed by atoms with Gasteiger partial charge in [0.05, 0.1) is 22.2 Å². The first-order valence-corrected chi connectivity index (χ1v) is 8.78. The number of thiocarbonyl (C=S) groups is 1. The molecule has 1 aliphatic heterocycles. The van der Waals surface area contributed by atoms with Crippen LogP contribution in [0, 0.1) is 0 Å². The summed E-state index contributed by atoms with van der Waals surface area (Å²) >= 11 is 10.1. The van der Waals surface area contributed by atoms with E-state index in [2.05, 4.69) is 15.9 Å². The molecule has 0 radical (unpaired) electrons. The topological polar surface area (TPSA) is 29.5 Å². The summed E-state index contributed by atoms with van der Waals surface area (Å²) in [6.07, 6.45) is 1.84. The third kappa shape index (κ3) is 3.34. The van der Waals surface area contributed by atoms with Crippen molar-refractivity contribution in [3.63, 3.8) is 0 Å². The van der Waals surface area contributed by atoms with Crippen molar-refractivity contribution in [3.05, 3.63) is 63.5 Å². The molecule has 0 saturated carbocycles. The zero-order valence-electron chi connectivity index (χ0n) is 12.2. The number of nitrogens with zero attached hydrogens (tertiary/aromatic N) is 1. The van der Waals surface area contributed by atoms with Gasteiger partial charge in [-0.2, -0.15) is 0 Å². The number of rotatable bonds is 3. The molecule has 6 heteroatoms. The molecule has 3 nitrogen and oxygen atoms in total. The highest BCUT2D eigenvalue weighted by atomic mass is 79.9. The van der Waals surface area contributed by atoms with Crippen molar-refractivity contribution >= 4 is 61.9 Å². The first-order chi connectivity index (χ1) is 11.1. The van der Waals surface area contributed by atoms with Crippen molar-refractivity contribution in [1.82, 2.24) is 0 Å². The molecule has 116 valence electrons. The molecule has 0 atom stereocenters. The molecule has 0 spiro atoms. The van der Waals surface area contributed by atoms with Gasteiger partial charge in [0.15, 0.2) is 4.32 Å². The van der Waals surface area contributed by atoms with E-state index in [9.17, 15) is 4.79 Å². The van der Waals surface area contributed by atoms with Crippen molar-refractivity contribution in [2.24, 2.45) is 0 Å². The number of para-hydroxylation sites is 1. The van der Waals surface area contributed by atoms with Gasteiger partial charge in [0, 0.05) is 0 Å². The molecule has 1 aliphatic rings. The van der Waals surface area contributed by atoms with Gasteiger partial charge in [0.1, 0.15) is 5.75 Å². The molecule has 0 aliphatic carbocycles. The monoisotopic (exact) mass is 405 g/mol.